The summed E-state index contributed by atoms with van der Waals surface area (Å²) in [5, 5.41) is 1.98. The molecule has 0 radical (unpaired) electrons. The van der Waals surface area contributed by atoms with Crippen LogP contribution in [-0.4, -0.2) is 15.5 Å². The van der Waals surface area contributed by atoms with Crippen molar-refractivity contribution in [2.75, 3.05) is 0 Å². The second-order valence-corrected chi connectivity index (χ2v) is 7.25. The van der Waals surface area contributed by atoms with Gasteiger partial charge in [0.1, 0.15) is 23.5 Å². The van der Waals surface area contributed by atoms with E-state index in [0.717, 1.165) is 18.2 Å². The van der Waals surface area contributed by atoms with E-state index in [2.05, 4.69) is 16.0 Å². The molecule has 2 aromatic carbocycles. The molecule has 1 aliphatic carbocycles. The van der Waals surface area contributed by atoms with Crippen molar-refractivity contribution in [2.45, 2.75) is 39.3 Å². The van der Waals surface area contributed by atoms with E-state index in [4.69, 9.17) is 0 Å². The zero-order valence-electron chi connectivity index (χ0n) is 18.3. The van der Waals surface area contributed by atoms with Crippen LogP contribution in [0.4, 0.5) is 17.6 Å². The molecule has 0 bridgehead atoms. The van der Waals surface area contributed by atoms with E-state index >= 15 is 0 Å². The van der Waals surface area contributed by atoms with Crippen molar-refractivity contribution in [3.05, 3.63) is 97.4 Å². The zero-order valence-corrected chi connectivity index (χ0v) is 18.3. The van der Waals surface area contributed by atoms with E-state index in [1.54, 1.807) is 6.08 Å². The summed E-state index contributed by atoms with van der Waals surface area (Å²) in [6.07, 6.45) is 2.11. The van der Waals surface area contributed by atoms with Gasteiger partial charge >= 0.3 is 5.69 Å². The molecule has 0 fully saturated rings. The third kappa shape index (κ3) is 5.02. The lowest BCUT2D eigenvalue weighted by atomic mass is 9.98. The maximum Gasteiger partial charge on any atom is 0.329 e. The lowest BCUT2D eigenvalue weighted by Crippen LogP contribution is -2.44. The van der Waals surface area contributed by atoms with Crippen LogP contribution in [0.15, 0.2) is 57.3 Å². The smallest absolute Gasteiger partial charge is 0.329 e. The number of halogens is 4. The Hall–Kier alpha value is -3.91. The Labute approximate surface area is 194 Å². The van der Waals surface area contributed by atoms with Gasteiger partial charge in [-0.25, -0.2) is 26.9 Å². The number of carbonyl (C=O) groups excluding carboxylic acids is 1. The van der Waals surface area contributed by atoms with Gasteiger partial charge in [0, 0.05) is 39.9 Å². The third-order valence-corrected chi connectivity index (χ3v) is 5.13. The average molecular weight is 479 g/mol. The molecular formula is C24H25F4N3O3. The topological polar surface area (TPSA) is 84.0 Å². The number of carbonyl (C=O) groups is 1. The van der Waals surface area contributed by atoms with Crippen LogP contribution in [0.1, 0.15) is 41.1 Å². The summed E-state index contributed by atoms with van der Waals surface area (Å²) in [5.41, 5.74) is 0.886. The van der Waals surface area contributed by atoms with Crippen LogP contribution in [-0.2, 0) is 11.3 Å². The number of nitrogens with one attached hydrogen (secondary N) is 2. The summed E-state index contributed by atoms with van der Waals surface area (Å²) in [5.74, 6) is -4.62. The number of fused-ring (bicyclic) bond motifs is 1. The van der Waals surface area contributed by atoms with Crippen molar-refractivity contribution < 1.29 is 25.2 Å². The van der Waals surface area contributed by atoms with Gasteiger partial charge in [0.2, 0.25) is 5.91 Å². The molecule has 4 rings (SSSR count). The number of allylic oxidation sites excluding steroid dienone is 1. The van der Waals surface area contributed by atoms with Crippen molar-refractivity contribution in [1.29, 1.82) is 0 Å². The van der Waals surface area contributed by atoms with E-state index in [-0.39, 0.29) is 21.4 Å². The lowest BCUT2D eigenvalue weighted by molar-refractivity contribution is -0.124. The van der Waals surface area contributed by atoms with Crippen molar-refractivity contribution >= 4 is 16.8 Å². The van der Waals surface area contributed by atoms with Crippen LogP contribution in [0.25, 0.3) is 10.9 Å². The second kappa shape index (κ2) is 10.4. The molecule has 6 nitrogen and oxygen atoms in total. The number of nitrogens with zero attached hydrogens (tertiary/aromatic N) is 1. The van der Waals surface area contributed by atoms with E-state index < -0.39 is 57.4 Å². The number of aromatic amines is 1. The number of aromatic nitrogens is 2. The fraction of sp³-hybridized carbons (Fsp3) is 0.250. The van der Waals surface area contributed by atoms with Crippen molar-refractivity contribution in [2.24, 2.45) is 0 Å². The number of hydrogen-bond acceptors (Lipinski definition) is 3. The van der Waals surface area contributed by atoms with Gasteiger partial charge in [-0.2, -0.15) is 0 Å². The fourth-order valence-corrected chi connectivity index (χ4v) is 3.43. The largest absolute Gasteiger partial charge is 0.350 e. The molecule has 0 saturated carbocycles. The number of H-pyrrole nitrogens is 1. The van der Waals surface area contributed by atoms with Gasteiger partial charge in [-0.1, -0.05) is 19.9 Å². The third-order valence-electron chi connectivity index (χ3n) is 5.13. The molecule has 1 amide bonds. The zero-order chi connectivity index (χ0) is 25.0. The van der Waals surface area contributed by atoms with Crippen molar-refractivity contribution in [3.8, 4) is 0 Å². The minimum Gasteiger partial charge on any atom is -0.350 e. The highest BCUT2D eigenvalue weighted by Crippen LogP contribution is 2.23. The quantitative estimate of drug-likeness (QED) is 0.404. The van der Waals surface area contributed by atoms with Crippen LogP contribution >= 0.6 is 0 Å². The van der Waals surface area contributed by atoms with Gasteiger partial charge in [0.25, 0.3) is 5.56 Å². The molecule has 0 saturated heterocycles. The molecule has 182 valence electrons. The number of amides is 1. The standard InChI is InChI=1S/C22H15F4N3O3.C2H6.2H2/c23-13-5-4-12(16(25)8-13)10-27-20(30)18(6-11-2-1-3-11)29-21(31)15-7-14(24)9-17(26)19(15)28-22(29)32;1-2;;/h1,4-5,7-9,18H,2,6,10H2,(H,27,30)(H,28,32);1-2H3;2*1H/t18-;;;/m1.../s1. The summed E-state index contributed by atoms with van der Waals surface area (Å²) in [6.45, 7) is 3.67. The number of hydrogen-bond donors (Lipinski definition) is 2. The molecular weight excluding hydrogens is 454 g/mol. The Morgan fingerprint density at radius 3 is 2.41 bits per heavy atom. The molecule has 0 spiro atoms. The molecule has 1 atom stereocenters. The minimum absolute atomic E-state index is 0. The Balaban J connectivity index is 0.00000158. The summed E-state index contributed by atoms with van der Waals surface area (Å²) < 4.78 is 55.3. The van der Waals surface area contributed by atoms with Gasteiger partial charge < -0.3 is 10.3 Å². The fourth-order valence-electron chi connectivity index (χ4n) is 3.43. The first-order chi connectivity index (χ1) is 16.2. The molecule has 1 aliphatic rings. The predicted octanol–water partition coefficient (Wildman–Crippen LogP) is 4.50. The maximum absolute atomic E-state index is 14.0. The Morgan fingerprint density at radius 1 is 1.12 bits per heavy atom. The van der Waals surface area contributed by atoms with Gasteiger partial charge in [-0.15, -0.1) is 5.73 Å². The van der Waals surface area contributed by atoms with E-state index in [1.165, 1.54) is 0 Å². The second-order valence-electron chi connectivity index (χ2n) is 7.25. The van der Waals surface area contributed by atoms with Gasteiger partial charge in [0.15, 0.2) is 5.82 Å². The first kappa shape index (κ1) is 24.7. The van der Waals surface area contributed by atoms with Gasteiger partial charge in [0.05, 0.1) is 10.9 Å². The van der Waals surface area contributed by atoms with Gasteiger partial charge in [-0.05, 0) is 23.8 Å². The van der Waals surface area contributed by atoms with E-state index in [9.17, 15) is 31.9 Å². The SMILES string of the molecule is CC.O=C(NCc1ccc(F)cc1F)[C@@H](CC1=C=CC1)n1c(=O)[nH]c2c(F)cc(F)cc2c1=O.[HH].[HH]. The Morgan fingerprint density at radius 2 is 1.79 bits per heavy atom. The monoisotopic (exact) mass is 479 g/mol. The normalized spacial score (nSPS) is 12.9. The lowest BCUT2D eigenvalue weighted by Gasteiger charge is -2.21. The molecule has 3 aromatic rings. The van der Waals surface area contributed by atoms with Crippen molar-refractivity contribution in [3.63, 3.8) is 0 Å². The highest BCUT2D eigenvalue weighted by molar-refractivity contribution is 5.82. The maximum atomic E-state index is 14.0. The first-order valence-electron chi connectivity index (χ1n) is 10.5. The van der Waals surface area contributed by atoms with Crippen molar-refractivity contribution in [1.82, 2.24) is 14.9 Å². The molecule has 1 aromatic heterocycles. The van der Waals surface area contributed by atoms with Crippen LogP contribution in [0.2, 0.25) is 0 Å². The molecule has 1 heterocycles. The van der Waals surface area contributed by atoms with E-state index in [1.807, 2.05) is 13.8 Å². The molecule has 10 heteroatoms. The van der Waals surface area contributed by atoms with Crippen LogP contribution < -0.4 is 16.6 Å². The number of rotatable bonds is 6. The summed E-state index contributed by atoms with van der Waals surface area (Å²) in [6, 6.07) is 2.73. The van der Waals surface area contributed by atoms with Crippen LogP contribution in [0, 0.1) is 23.3 Å². The predicted molar refractivity (Wildman–Crippen MR) is 122 cm³/mol. The summed E-state index contributed by atoms with van der Waals surface area (Å²) in [7, 11) is 0. The van der Waals surface area contributed by atoms with Crippen LogP contribution in [0.5, 0.6) is 0 Å². The number of benzene rings is 2. The minimum atomic E-state index is -1.39. The highest BCUT2D eigenvalue weighted by Gasteiger charge is 2.27. The summed E-state index contributed by atoms with van der Waals surface area (Å²) >= 11 is 0. The Kier molecular flexibility index (Phi) is 7.53. The van der Waals surface area contributed by atoms with Crippen LogP contribution in [0.3, 0.4) is 0 Å². The first-order valence-corrected chi connectivity index (χ1v) is 10.5. The van der Waals surface area contributed by atoms with E-state index in [0.29, 0.717) is 28.7 Å². The molecule has 0 unspecified atom stereocenters. The molecule has 2 N–H and O–H groups in total. The highest BCUT2D eigenvalue weighted by atomic mass is 19.1. The summed E-state index contributed by atoms with van der Waals surface area (Å²) in [4.78, 5) is 40.7. The average Bonchev–Trinajstić information content (AvgIpc) is 2.76. The Bertz CT molecular complexity index is 1450. The van der Waals surface area contributed by atoms with Gasteiger partial charge in [-0.3, -0.25) is 9.59 Å². The molecule has 0 aliphatic heterocycles. The molecule has 34 heavy (non-hydrogen) atoms.